The van der Waals surface area contributed by atoms with E-state index in [0.717, 1.165) is 23.8 Å². The minimum absolute atomic E-state index is 0.133. The van der Waals surface area contributed by atoms with E-state index in [0.29, 0.717) is 18.3 Å². The lowest BCUT2D eigenvalue weighted by Crippen LogP contribution is -2.42. The second-order valence-electron chi connectivity index (χ2n) is 7.12. The summed E-state index contributed by atoms with van der Waals surface area (Å²) in [5.74, 6) is 1.17. The highest BCUT2D eigenvalue weighted by molar-refractivity contribution is 7.11. The predicted octanol–water partition coefficient (Wildman–Crippen LogP) is 3.14. The maximum atomic E-state index is 12.4. The molecule has 2 heterocycles. The summed E-state index contributed by atoms with van der Waals surface area (Å²) in [5.41, 5.74) is 0.662. The van der Waals surface area contributed by atoms with E-state index in [1.54, 1.807) is 11.3 Å². The zero-order valence-corrected chi connectivity index (χ0v) is 15.3. The molecule has 124 valence electrons. The molecular weight excluding hydrogens is 294 g/mol. The van der Waals surface area contributed by atoms with Crippen molar-refractivity contribution in [2.75, 3.05) is 13.1 Å². The first-order valence-corrected chi connectivity index (χ1v) is 9.07. The van der Waals surface area contributed by atoms with Crippen molar-refractivity contribution in [3.63, 3.8) is 0 Å². The van der Waals surface area contributed by atoms with Crippen LogP contribution in [0.25, 0.3) is 0 Å². The molecule has 2 rings (SSSR count). The van der Waals surface area contributed by atoms with E-state index in [-0.39, 0.29) is 5.91 Å². The Balaban J connectivity index is 1.92. The van der Waals surface area contributed by atoms with E-state index in [4.69, 9.17) is 0 Å². The van der Waals surface area contributed by atoms with Gasteiger partial charge in [-0.2, -0.15) is 0 Å². The lowest BCUT2D eigenvalue weighted by molar-refractivity contribution is -0.124. The summed E-state index contributed by atoms with van der Waals surface area (Å²) in [6, 6.07) is 0. The van der Waals surface area contributed by atoms with Gasteiger partial charge in [-0.1, -0.05) is 6.92 Å². The third kappa shape index (κ3) is 4.29. The quantitative estimate of drug-likeness (QED) is 0.875. The van der Waals surface area contributed by atoms with E-state index in [1.807, 2.05) is 20.8 Å². The highest BCUT2D eigenvalue weighted by Crippen LogP contribution is 2.28. The van der Waals surface area contributed by atoms with Gasteiger partial charge in [0.25, 0.3) is 0 Å². The number of thiazole rings is 1. The zero-order chi connectivity index (χ0) is 16.3. The van der Waals surface area contributed by atoms with E-state index in [2.05, 4.69) is 29.5 Å². The van der Waals surface area contributed by atoms with Crippen LogP contribution in [0.3, 0.4) is 0 Å². The average Bonchev–Trinajstić information content (AvgIpc) is 2.80. The number of carbonyl (C=O) groups excluding carboxylic acids is 1. The van der Waals surface area contributed by atoms with E-state index >= 15 is 0 Å². The van der Waals surface area contributed by atoms with E-state index in [1.165, 1.54) is 17.7 Å². The molecule has 2 N–H and O–H groups in total. The van der Waals surface area contributed by atoms with Gasteiger partial charge in [0.2, 0.25) is 5.91 Å². The smallest absolute Gasteiger partial charge is 0.221 e. The van der Waals surface area contributed by atoms with Crippen LogP contribution < -0.4 is 10.6 Å². The number of nitrogens with one attached hydrogen (secondary N) is 2. The molecule has 2 unspecified atom stereocenters. The van der Waals surface area contributed by atoms with Crippen molar-refractivity contribution in [2.45, 2.75) is 59.4 Å². The molecule has 1 aromatic heterocycles. The molecule has 1 aliphatic heterocycles. The van der Waals surface area contributed by atoms with Crippen molar-refractivity contribution in [2.24, 2.45) is 11.8 Å². The van der Waals surface area contributed by atoms with Crippen LogP contribution in [0.5, 0.6) is 0 Å². The van der Waals surface area contributed by atoms with Gasteiger partial charge in [-0.05, 0) is 65.5 Å². The Bertz CT molecular complexity index is 498. The lowest BCUT2D eigenvalue weighted by Gasteiger charge is -2.29. The summed E-state index contributed by atoms with van der Waals surface area (Å²) >= 11 is 1.67. The fourth-order valence-corrected chi connectivity index (χ4v) is 3.99. The van der Waals surface area contributed by atoms with Gasteiger partial charge in [0, 0.05) is 11.3 Å². The van der Waals surface area contributed by atoms with Crippen molar-refractivity contribution >= 4 is 17.2 Å². The second kappa shape index (κ2) is 7.09. The van der Waals surface area contributed by atoms with Crippen molar-refractivity contribution in [3.8, 4) is 0 Å². The maximum Gasteiger partial charge on any atom is 0.221 e. The number of hydrogen-bond donors (Lipinski definition) is 2. The molecule has 4 nitrogen and oxygen atoms in total. The molecule has 22 heavy (non-hydrogen) atoms. The Kier molecular flexibility index (Phi) is 5.61. The second-order valence-corrected chi connectivity index (χ2v) is 8.32. The van der Waals surface area contributed by atoms with Gasteiger partial charge in [-0.15, -0.1) is 11.3 Å². The first kappa shape index (κ1) is 17.4. The van der Waals surface area contributed by atoms with Gasteiger partial charge in [-0.3, -0.25) is 4.79 Å². The standard InChI is InChI=1S/C17H29N3OS/c1-11(14-7-6-8-18-10-14)9-15(21)20-17(4,5)16-19-12(2)13(3)22-16/h11,14,18H,6-10H2,1-5H3,(H,20,21). The highest BCUT2D eigenvalue weighted by Gasteiger charge is 2.29. The molecular formula is C17H29N3OS. The normalized spacial score (nSPS) is 20.7. The largest absolute Gasteiger partial charge is 0.345 e. The monoisotopic (exact) mass is 323 g/mol. The minimum atomic E-state index is -0.398. The first-order chi connectivity index (χ1) is 10.3. The summed E-state index contributed by atoms with van der Waals surface area (Å²) < 4.78 is 0. The number of piperidine rings is 1. The Hall–Kier alpha value is -0.940. The van der Waals surface area contributed by atoms with Crippen molar-refractivity contribution in [1.29, 1.82) is 0 Å². The fourth-order valence-electron chi connectivity index (χ4n) is 3.02. The lowest BCUT2D eigenvalue weighted by atomic mass is 9.85. The number of aryl methyl sites for hydroxylation is 2. The summed E-state index contributed by atoms with van der Waals surface area (Å²) in [7, 11) is 0. The van der Waals surface area contributed by atoms with Crippen molar-refractivity contribution in [3.05, 3.63) is 15.6 Å². The average molecular weight is 324 g/mol. The van der Waals surface area contributed by atoms with Crippen LogP contribution in [-0.4, -0.2) is 24.0 Å². The summed E-state index contributed by atoms with van der Waals surface area (Å²) in [6.07, 6.45) is 3.05. The van der Waals surface area contributed by atoms with Crippen LogP contribution in [-0.2, 0) is 10.3 Å². The topological polar surface area (TPSA) is 54.0 Å². The predicted molar refractivity (Wildman–Crippen MR) is 92.1 cm³/mol. The number of nitrogens with zero attached hydrogens (tertiary/aromatic N) is 1. The number of amides is 1. The molecule has 0 saturated carbocycles. The van der Waals surface area contributed by atoms with Gasteiger partial charge in [0.05, 0.1) is 11.2 Å². The molecule has 5 heteroatoms. The summed E-state index contributed by atoms with van der Waals surface area (Å²) in [6.45, 7) is 12.5. The fraction of sp³-hybridized carbons (Fsp3) is 0.765. The van der Waals surface area contributed by atoms with Crippen molar-refractivity contribution < 1.29 is 4.79 Å². The number of carbonyl (C=O) groups is 1. The minimum Gasteiger partial charge on any atom is -0.345 e. The zero-order valence-electron chi connectivity index (χ0n) is 14.5. The van der Waals surface area contributed by atoms with Crippen LogP contribution in [0.15, 0.2) is 0 Å². The van der Waals surface area contributed by atoms with Crippen LogP contribution in [0, 0.1) is 25.7 Å². The molecule has 1 aromatic rings. The highest BCUT2D eigenvalue weighted by atomic mass is 32.1. The first-order valence-electron chi connectivity index (χ1n) is 8.26. The molecule has 0 bridgehead atoms. The van der Waals surface area contributed by atoms with Gasteiger partial charge >= 0.3 is 0 Å². The number of rotatable bonds is 5. The molecule has 0 aliphatic carbocycles. The van der Waals surface area contributed by atoms with Gasteiger partial charge < -0.3 is 10.6 Å². The Morgan fingerprint density at radius 1 is 1.50 bits per heavy atom. The molecule has 0 radical (unpaired) electrons. The maximum absolute atomic E-state index is 12.4. The molecule has 1 aliphatic rings. The Morgan fingerprint density at radius 3 is 2.77 bits per heavy atom. The number of hydrogen-bond acceptors (Lipinski definition) is 4. The number of aromatic nitrogens is 1. The van der Waals surface area contributed by atoms with Crippen LogP contribution in [0.4, 0.5) is 0 Å². The van der Waals surface area contributed by atoms with Gasteiger partial charge in [-0.25, -0.2) is 4.98 Å². The summed E-state index contributed by atoms with van der Waals surface area (Å²) in [4.78, 5) is 18.2. The van der Waals surface area contributed by atoms with Gasteiger partial charge in [0.15, 0.2) is 0 Å². The van der Waals surface area contributed by atoms with Crippen LogP contribution in [0.1, 0.15) is 55.6 Å². The molecule has 1 amide bonds. The molecule has 1 saturated heterocycles. The van der Waals surface area contributed by atoms with E-state index < -0.39 is 5.54 Å². The molecule has 0 aromatic carbocycles. The van der Waals surface area contributed by atoms with Crippen LogP contribution >= 0.6 is 11.3 Å². The Morgan fingerprint density at radius 2 is 2.23 bits per heavy atom. The third-order valence-corrected chi connectivity index (χ3v) is 6.06. The van der Waals surface area contributed by atoms with Gasteiger partial charge in [0.1, 0.15) is 5.01 Å². The Labute approximate surface area is 138 Å². The van der Waals surface area contributed by atoms with Crippen LogP contribution in [0.2, 0.25) is 0 Å². The van der Waals surface area contributed by atoms with Crippen molar-refractivity contribution in [1.82, 2.24) is 15.6 Å². The summed E-state index contributed by atoms with van der Waals surface area (Å²) in [5, 5.41) is 7.59. The SMILES string of the molecule is Cc1nc(C(C)(C)NC(=O)CC(C)C2CCCNC2)sc1C. The molecule has 0 spiro atoms. The third-order valence-electron chi connectivity index (χ3n) is 4.66. The molecule has 1 fully saturated rings. The molecule has 2 atom stereocenters. The van der Waals surface area contributed by atoms with E-state index in [9.17, 15) is 4.79 Å².